The molecule has 0 aromatic heterocycles. The summed E-state index contributed by atoms with van der Waals surface area (Å²) in [5.41, 5.74) is 4.03. The van der Waals surface area contributed by atoms with Gasteiger partial charge in [0.2, 0.25) is 0 Å². The lowest BCUT2D eigenvalue weighted by molar-refractivity contribution is -0.137. The molecule has 0 unspecified atom stereocenters. The number of rotatable bonds is 1. The van der Waals surface area contributed by atoms with Gasteiger partial charge in [-0.15, -0.1) is 0 Å². The molecule has 0 aliphatic rings. The number of hydrogen-bond donors (Lipinski definition) is 1. The number of nitrogens with two attached hydrogens (primary N) is 1. The summed E-state index contributed by atoms with van der Waals surface area (Å²) >= 11 is 5.45. The van der Waals surface area contributed by atoms with Gasteiger partial charge >= 0.3 is 6.18 Å². The molecule has 15 heavy (non-hydrogen) atoms. The SMILES string of the molecule is N#Cc1cc(CN)cc(Cl)c1C(F)(F)F. The van der Waals surface area contributed by atoms with Crippen LogP contribution in [0.4, 0.5) is 13.2 Å². The molecule has 0 aliphatic heterocycles. The van der Waals surface area contributed by atoms with Crippen molar-refractivity contribution in [2.75, 3.05) is 0 Å². The predicted molar refractivity (Wildman–Crippen MR) is 49.1 cm³/mol. The summed E-state index contributed by atoms with van der Waals surface area (Å²) in [7, 11) is 0. The van der Waals surface area contributed by atoms with E-state index >= 15 is 0 Å². The van der Waals surface area contributed by atoms with Gasteiger partial charge in [0, 0.05) is 6.54 Å². The van der Waals surface area contributed by atoms with E-state index in [1.165, 1.54) is 6.07 Å². The monoisotopic (exact) mass is 234 g/mol. The van der Waals surface area contributed by atoms with Crippen LogP contribution in [0.5, 0.6) is 0 Å². The number of halogens is 4. The Bertz CT molecular complexity index is 421. The fraction of sp³-hybridized carbons (Fsp3) is 0.222. The molecule has 0 saturated heterocycles. The number of alkyl halides is 3. The Morgan fingerprint density at radius 1 is 1.40 bits per heavy atom. The van der Waals surface area contributed by atoms with Crippen molar-refractivity contribution >= 4 is 11.6 Å². The topological polar surface area (TPSA) is 49.8 Å². The van der Waals surface area contributed by atoms with Gasteiger partial charge < -0.3 is 5.73 Å². The van der Waals surface area contributed by atoms with E-state index in [-0.39, 0.29) is 6.54 Å². The third kappa shape index (κ3) is 2.41. The second-order valence-electron chi connectivity index (χ2n) is 2.81. The van der Waals surface area contributed by atoms with Gasteiger partial charge in [0.05, 0.1) is 22.2 Å². The van der Waals surface area contributed by atoms with Crippen molar-refractivity contribution in [1.29, 1.82) is 5.26 Å². The van der Waals surface area contributed by atoms with Gasteiger partial charge in [-0.1, -0.05) is 11.6 Å². The number of hydrogen-bond acceptors (Lipinski definition) is 2. The van der Waals surface area contributed by atoms with Crippen LogP contribution in [0.3, 0.4) is 0 Å². The lowest BCUT2D eigenvalue weighted by atomic mass is 10.0. The standard InChI is InChI=1S/C9H6ClF3N2/c10-7-2-5(3-14)1-6(4-15)8(7)9(11,12)13/h1-2H,3,14H2. The van der Waals surface area contributed by atoms with E-state index in [4.69, 9.17) is 22.6 Å². The van der Waals surface area contributed by atoms with Gasteiger partial charge in [-0.3, -0.25) is 0 Å². The normalized spacial score (nSPS) is 11.2. The van der Waals surface area contributed by atoms with Gasteiger partial charge in [-0.25, -0.2) is 0 Å². The molecule has 0 aliphatic carbocycles. The van der Waals surface area contributed by atoms with E-state index in [2.05, 4.69) is 0 Å². The van der Waals surface area contributed by atoms with Gasteiger partial charge in [-0.05, 0) is 17.7 Å². The highest BCUT2D eigenvalue weighted by atomic mass is 35.5. The minimum atomic E-state index is -4.63. The van der Waals surface area contributed by atoms with Crippen LogP contribution in [0.25, 0.3) is 0 Å². The summed E-state index contributed by atoms with van der Waals surface area (Å²) in [4.78, 5) is 0. The first kappa shape index (κ1) is 11.8. The molecular weight excluding hydrogens is 229 g/mol. The van der Waals surface area contributed by atoms with Crippen molar-refractivity contribution < 1.29 is 13.2 Å². The van der Waals surface area contributed by atoms with E-state index in [0.717, 1.165) is 12.1 Å². The van der Waals surface area contributed by atoms with Crippen LogP contribution < -0.4 is 5.73 Å². The highest BCUT2D eigenvalue weighted by Crippen LogP contribution is 2.37. The molecule has 0 spiro atoms. The van der Waals surface area contributed by atoms with E-state index < -0.39 is 22.3 Å². The van der Waals surface area contributed by atoms with Crippen LogP contribution in [0.2, 0.25) is 5.02 Å². The zero-order valence-electron chi connectivity index (χ0n) is 7.40. The summed E-state index contributed by atoms with van der Waals surface area (Å²) in [5.74, 6) is 0. The van der Waals surface area contributed by atoms with Crippen molar-refractivity contribution in [3.05, 3.63) is 33.8 Å². The van der Waals surface area contributed by atoms with Crippen molar-refractivity contribution in [2.24, 2.45) is 5.73 Å². The number of nitriles is 1. The Kier molecular flexibility index (Phi) is 3.22. The zero-order valence-corrected chi connectivity index (χ0v) is 8.15. The maximum atomic E-state index is 12.5. The smallest absolute Gasteiger partial charge is 0.326 e. The van der Waals surface area contributed by atoms with Crippen LogP contribution in [0.1, 0.15) is 16.7 Å². The largest absolute Gasteiger partial charge is 0.419 e. The number of benzene rings is 1. The minimum absolute atomic E-state index is 0.0343. The Balaban J connectivity index is 3.47. The maximum Gasteiger partial charge on any atom is 0.419 e. The summed E-state index contributed by atoms with van der Waals surface area (Å²) in [6.07, 6.45) is -4.63. The summed E-state index contributed by atoms with van der Waals surface area (Å²) in [5, 5.41) is 8.08. The van der Waals surface area contributed by atoms with Crippen LogP contribution in [-0.2, 0) is 12.7 Å². The maximum absolute atomic E-state index is 12.5. The highest BCUT2D eigenvalue weighted by Gasteiger charge is 2.36. The van der Waals surface area contributed by atoms with E-state index in [1.807, 2.05) is 0 Å². The third-order valence-corrected chi connectivity index (χ3v) is 2.09. The molecule has 2 N–H and O–H groups in total. The lowest BCUT2D eigenvalue weighted by Gasteiger charge is -2.11. The molecule has 0 bridgehead atoms. The molecule has 2 nitrogen and oxygen atoms in total. The molecule has 1 rings (SSSR count). The fourth-order valence-electron chi connectivity index (χ4n) is 1.16. The first-order valence-electron chi connectivity index (χ1n) is 3.90. The molecule has 0 fully saturated rings. The molecule has 0 amide bonds. The Labute approximate surface area is 89.1 Å². The summed E-state index contributed by atoms with van der Waals surface area (Å²) in [6, 6.07) is 3.67. The Hall–Kier alpha value is -1.25. The molecule has 6 heteroatoms. The van der Waals surface area contributed by atoms with E-state index in [1.54, 1.807) is 0 Å². The summed E-state index contributed by atoms with van der Waals surface area (Å²) in [6.45, 7) is 0.0343. The number of nitrogens with zero attached hydrogens (tertiary/aromatic N) is 1. The van der Waals surface area contributed by atoms with E-state index in [9.17, 15) is 13.2 Å². The molecule has 0 radical (unpaired) electrons. The van der Waals surface area contributed by atoms with Crippen LogP contribution in [0.15, 0.2) is 12.1 Å². The van der Waals surface area contributed by atoms with Gasteiger partial charge in [0.25, 0.3) is 0 Å². The summed E-state index contributed by atoms with van der Waals surface area (Å²) < 4.78 is 37.4. The van der Waals surface area contributed by atoms with Crippen LogP contribution in [0, 0.1) is 11.3 Å². The third-order valence-electron chi connectivity index (χ3n) is 1.79. The Morgan fingerprint density at radius 3 is 2.40 bits per heavy atom. The molecule has 1 aromatic rings. The molecular formula is C9H6ClF3N2. The second-order valence-corrected chi connectivity index (χ2v) is 3.22. The minimum Gasteiger partial charge on any atom is -0.326 e. The quantitative estimate of drug-likeness (QED) is 0.812. The predicted octanol–water partition coefficient (Wildman–Crippen LogP) is 2.69. The first-order valence-corrected chi connectivity index (χ1v) is 4.27. The first-order chi connectivity index (χ1) is 6.90. The molecule has 0 atom stereocenters. The molecule has 80 valence electrons. The lowest BCUT2D eigenvalue weighted by Crippen LogP contribution is -2.10. The van der Waals surface area contributed by atoms with E-state index in [0.29, 0.717) is 5.56 Å². The molecule has 0 saturated carbocycles. The van der Waals surface area contributed by atoms with Gasteiger partial charge in [0.15, 0.2) is 0 Å². The fourth-order valence-corrected chi connectivity index (χ4v) is 1.51. The highest BCUT2D eigenvalue weighted by molar-refractivity contribution is 6.31. The average Bonchev–Trinajstić information content (AvgIpc) is 2.14. The van der Waals surface area contributed by atoms with Crippen LogP contribution in [-0.4, -0.2) is 0 Å². The van der Waals surface area contributed by atoms with Crippen molar-refractivity contribution in [3.8, 4) is 6.07 Å². The van der Waals surface area contributed by atoms with Crippen molar-refractivity contribution in [2.45, 2.75) is 12.7 Å². The zero-order chi connectivity index (χ0) is 11.6. The molecule has 0 heterocycles. The van der Waals surface area contributed by atoms with Gasteiger partial charge in [0.1, 0.15) is 0 Å². The van der Waals surface area contributed by atoms with Crippen molar-refractivity contribution in [1.82, 2.24) is 0 Å². The van der Waals surface area contributed by atoms with Gasteiger partial charge in [-0.2, -0.15) is 18.4 Å². The average molecular weight is 235 g/mol. The molecule has 1 aromatic carbocycles. The Morgan fingerprint density at radius 2 is 2.00 bits per heavy atom. The van der Waals surface area contributed by atoms with Crippen LogP contribution >= 0.6 is 11.6 Å². The second kappa shape index (κ2) is 4.09. The van der Waals surface area contributed by atoms with Crippen molar-refractivity contribution in [3.63, 3.8) is 0 Å².